The highest BCUT2D eigenvalue weighted by Gasteiger charge is 2.26. The number of aromatic nitrogens is 1. The van der Waals surface area contributed by atoms with E-state index in [0.29, 0.717) is 0 Å². The van der Waals surface area contributed by atoms with Crippen LogP contribution < -0.4 is 4.90 Å². The van der Waals surface area contributed by atoms with E-state index in [2.05, 4.69) is 17.0 Å². The Morgan fingerprint density at radius 2 is 2.10 bits per heavy atom. The van der Waals surface area contributed by atoms with Crippen molar-refractivity contribution < 1.29 is 9.53 Å². The third-order valence-corrected chi connectivity index (χ3v) is 4.24. The lowest BCUT2D eigenvalue weighted by Gasteiger charge is -2.29. The number of hydrogen-bond donors (Lipinski definition) is 0. The van der Waals surface area contributed by atoms with Gasteiger partial charge < -0.3 is 14.5 Å². The molecule has 0 radical (unpaired) electrons. The maximum atomic E-state index is 11.1. The summed E-state index contributed by atoms with van der Waals surface area (Å²) < 4.78 is 5.37. The van der Waals surface area contributed by atoms with E-state index in [4.69, 9.17) is 9.72 Å². The van der Waals surface area contributed by atoms with Crippen LogP contribution in [0.4, 0.5) is 5.82 Å². The molecule has 0 N–H and O–H groups in total. The summed E-state index contributed by atoms with van der Waals surface area (Å²) in [5.41, 5.74) is 2.22. The van der Waals surface area contributed by atoms with Crippen molar-refractivity contribution in [2.75, 3.05) is 37.7 Å². The fourth-order valence-electron chi connectivity index (χ4n) is 3.13. The van der Waals surface area contributed by atoms with E-state index in [1.165, 1.54) is 5.56 Å². The van der Waals surface area contributed by atoms with Crippen molar-refractivity contribution in [3.8, 4) is 0 Å². The minimum absolute atomic E-state index is 0.207. The van der Waals surface area contributed by atoms with E-state index in [9.17, 15) is 4.79 Å². The van der Waals surface area contributed by atoms with Gasteiger partial charge in [-0.15, -0.1) is 0 Å². The predicted molar refractivity (Wildman–Crippen MR) is 76.8 cm³/mol. The maximum Gasteiger partial charge on any atom is 0.210 e. The standard InChI is InChI=1S/C15H21N3O2/c1-12-13(14-3-2-6-18(14)11-19)4-5-15(16-12)17-7-9-20-10-8-17/h4-5,11,14H,2-3,6-10H2,1H3. The van der Waals surface area contributed by atoms with Crippen molar-refractivity contribution in [1.29, 1.82) is 0 Å². The monoisotopic (exact) mass is 275 g/mol. The number of nitrogens with zero attached hydrogens (tertiary/aromatic N) is 3. The predicted octanol–water partition coefficient (Wildman–Crippen LogP) is 1.52. The summed E-state index contributed by atoms with van der Waals surface area (Å²) in [6.45, 7) is 6.23. The van der Waals surface area contributed by atoms with Gasteiger partial charge in [0.05, 0.1) is 19.3 Å². The molecule has 2 saturated heterocycles. The van der Waals surface area contributed by atoms with Crippen LogP contribution in [0.25, 0.3) is 0 Å². The Bertz CT molecular complexity index is 486. The number of rotatable bonds is 3. The fraction of sp³-hybridized carbons (Fsp3) is 0.600. The van der Waals surface area contributed by atoms with Gasteiger partial charge >= 0.3 is 0 Å². The summed E-state index contributed by atoms with van der Waals surface area (Å²) in [6, 6.07) is 4.42. The van der Waals surface area contributed by atoms with Gasteiger partial charge in [-0.1, -0.05) is 6.07 Å². The first-order chi connectivity index (χ1) is 9.79. The van der Waals surface area contributed by atoms with Gasteiger partial charge in [0.2, 0.25) is 6.41 Å². The molecule has 0 aliphatic carbocycles. The second-order valence-corrected chi connectivity index (χ2v) is 5.44. The van der Waals surface area contributed by atoms with E-state index < -0.39 is 0 Å². The number of likely N-dealkylation sites (tertiary alicyclic amines) is 1. The van der Waals surface area contributed by atoms with Gasteiger partial charge in [0.1, 0.15) is 5.82 Å². The molecule has 0 bridgehead atoms. The fourth-order valence-corrected chi connectivity index (χ4v) is 3.13. The Morgan fingerprint density at radius 3 is 2.80 bits per heavy atom. The summed E-state index contributed by atoms with van der Waals surface area (Å²) in [6.07, 6.45) is 3.08. The van der Waals surface area contributed by atoms with Crippen molar-refractivity contribution in [2.24, 2.45) is 0 Å². The number of hydrogen-bond acceptors (Lipinski definition) is 4. The second-order valence-electron chi connectivity index (χ2n) is 5.44. The topological polar surface area (TPSA) is 45.7 Å². The molecule has 0 aromatic carbocycles. The van der Waals surface area contributed by atoms with Crippen LogP contribution in [0.1, 0.15) is 30.1 Å². The molecular weight excluding hydrogens is 254 g/mol. The number of carbonyl (C=O) groups excluding carboxylic acids is 1. The Labute approximate surface area is 119 Å². The molecule has 1 atom stereocenters. The number of amides is 1. The molecule has 5 nitrogen and oxygen atoms in total. The van der Waals surface area contributed by atoms with Crippen LogP contribution in [0.5, 0.6) is 0 Å². The zero-order valence-electron chi connectivity index (χ0n) is 11.9. The van der Waals surface area contributed by atoms with E-state index in [0.717, 1.165) is 63.6 Å². The largest absolute Gasteiger partial charge is 0.378 e. The summed E-state index contributed by atoms with van der Waals surface area (Å²) in [5.74, 6) is 1.02. The van der Waals surface area contributed by atoms with Crippen molar-refractivity contribution >= 4 is 12.2 Å². The van der Waals surface area contributed by atoms with E-state index in [-0.39, 0.29) is 6.04 Å². The zero-order valence-corrected chi connectivity index (χ0v) is 11.9. The van der Waals surface area contributed by atoms with Gasteiger partial charge in [-0.2, -0.15) is 0 Å². The van der Waals surface area contributed by atoms with Crippen molar-refractivity contribution in [2.45, 2.75) is 25.8 Å². The number of pyridine rings is 1. The molecule has 0 spiro atoms. The summed E-state index contributed by atoms with van der Waals surface area (Å²) in [4.78, 5) is 20.0. The molecule has 3 heterocycles. The van der Waals surface area contributed by atoms with Crippen LogP contribution in [-0.2, 0) is 9.53 Å². The van der Waals surface area contributed by atoms with Crippen molar-refractivity contribution in [3.05, 3.63) is 23.4 Å². The molecule has 5 heteroatoms. The molecule has 1 amide bonds. The molecule has 108 valence electrons. The van der Waals surface area contributed by atoms with Crippen molar-refractivity contribution in [1.82, 2.24) is 9.88 Å². The third-order valence-electron chi connectivity index (χ3n) is 4.24. The SMILES string of the molecule is Cc1nc(N2CCOCC2)ccc1C1CCCN1C=O. The number of anilines is 1. The first-order valence-corrected chi connectivity index (χ1v) is 7.31. The first kappa shape index (κ1) is 13.4. The molecule has 2 aliphatic rings. The first-order valence-electron chi connectivity index (χ1n) is 7.31. The van der Waals surface area contributed by atoms with Gasteiger partial charge in [-0.05, 0) is 31.4 Å². The van der Waals surface area contributed by atoms with Crippen LogP contribution in [-0.4, -0.2) is 49.1 Å². The maximum absolute atomic E-state index is 11.1. The van der Waals surface area contributed by atoms with Crippen LogP contribution in [0, 0.1) is 6.92 Å². The number of carbonyl (C=O) groups is 1. The Hall–Kier alpha value is -1.62. The van der Waals surface area contributed by atoms with Crippen LogP contribution in [0.2, 0.25) is 0 Å². The Morgan fingerprint density at radius 1 is 1.30 bits per heavy atom. The summed E-state index contributed by atoms with van der Waals surface area (Å²) in [5, 5.41) is 0. The quantitative estimate of drug-likeness (QED) is 0.785. The lowest BCUT2D eigenvalue weighted by Crippen LogP contribution is -2.36. The van der Waals surface area contributed by atoms with Crippen molar-refractivity contribution in [3.63, 3.8) is 0 Å². The Balaban J connectivity index is 1.81. The van der Waals surface area contributed by atoms with Gasteiger partial charge in [-0.25, -0.2) is 4.98 Å². The van der Waals surface area contributed by atoms with Gasteiger partial charge in [0.25, 0.3) is 0 Å². The lowest BCUT2D eigenvalue weighted by atomic mass is 10.0. The Kier molecular flexibility index (Phi) is 3.87. The highest BCUT2D eigenvalue weighted by Crippen LogP contribution is 2.32. The molecule has 20 heavy (non-hydrogen) atoms. The van der Waals surface area contributed by atoms with E-state index in [1.54, 1.807) is 0 Å². The van der Waals surface area contributed by atoms with Crippen LogP contribution in [0.15, 0.2) is 12.1 Å². The smallest absolute Gasteiger partial charge is 0.210 e. The zero-order chi connectivity index (χ0) is 13.9. The normalized spacial score (nSPS) is 23.1. The molecule has 3 rings (SSSR count). The molecule has 1 aromatic heterocycles. The average Bonchev–Trinajstić information content (AvgIpc) is 2.96. The second kappa shape index (κ2) is 5.79. The molecule has 0 saturated carbocycles. The summed E-state index contributed by atoms with van der Waals surface area (Å²) in [7, 11) is 0. The molecule has 1 unspecified atom stereocenters. The lowest BCUT2D eigenvalue weighted by molar-refractivity contribution is -0.118. The highest BCUT2D eigenvalue weighted by molar-refractivity contribution is 5.51. The molecular formula is C15H21N3O2. The molecule has 1 aromatic rings. The summed E-state index contributed by atoms with van der Waals surface area (Å²) >= 11 is 0. The number of ether oxygens (including phenoxy) is 1. The average molecular weight is 275 g/mol. The number of morpholine rings is 1. The number of aryl methyl sites for hydroxylation is 1. The molecule has 2 aliphatic heterocycles. The molecule has 2 fully saturated rings. The minimum Gasteiger partial charge on any atom is -0.378 e. The van der Waals surface area contributed by atoms with E-state index in [1.807, 2.05) is 11.8 Å². The van der Waals surface area contributed by atoms with Crippen LogP contribution >= 0.6 is 0 Å². The van der Waals surface area contributed by atoms with E-state index >= 15 is 0 Å². The van der Waals surface area contributed by atoms with Gasteiger partial charge in [0, 0.05) is 25.3 Å². The van der Waals surface area contributed by atoms with Gasteiger partial charge in [-0.3, -0.25) is 4.79 Å². The van der Waals surface area contributed by atoms with Crippen LogP contribution in [0.3, 0.4) is 0 Å². The highest BCUT2D eigenvalue weighted by atomic mass is 16.5. The van der Waals surface area contributed by atoms with Gasteiger partial charge in [0.15, 0.2) is 0 Å². The minimum atomic E-state index is 0.207. The third kappa shape index (κ3) is 2.50.